The first-order valence-electron chi connectivity index (χ1n) is 8.45. The van der Waals surface area contributed by atoms with Crippen LogP contribution in [0.5, 0.6) is 5.75 Å². The van der Waals surface area contributed by atoms with Crippen LogP contribution in [0.15, 0.2) is 16.5 Å². The number of carboxylic acid groups (broad SMARTS) is 1. The number of nitrogens with zero attached hydrogens (tertiary/aromatic N) is 1. The quantitative estimate of drug-likeness (QED) is 0.802. The molecule has 1 fully saturated rings. The van der Waals surface area contributed by atoms with Gasteiger partial charge in [0.2, 0.25) is 5.76 Å². The highest BCUT2D eigenvalue weighted by Gasteiger charge is 2.25. The predicted octanol–water partition coefficient (Wildman–Crippen LogP) is 4.09. The third kappa shape index (κ3) is 3.58. The van der Waals surface area contributed by atoms with Crippen LogP contribution in [0.1, 0.15) is 35.9 Å². The summed E-state index contributed by atoms with van der Waals surface area (Å²) in [7, 11) is 0. The molecule has 2 aromatic rings. The Bertz CT molecular complexity index is 838. The van der Waals surface area contributed by atoms with Crippen LogP contribution >= 0.6 is 11.6 Å². The smallest absolute Gasteiger partial charge is 0.407 e. The molecule has 0 unspecified atom stereocenters. The number of aryl methyl sites for hydroxylation is 1. The number of benzene rings is 1. The van der Waals surface area contributed by atoms with Gasteiger partial charge in [-0.25, -0.2) is 9.59 Å². The summed E-state index contributed by atoms with van der Waals surface area (Å²) in [6, 6.07) is 3.37. The normalized spacial score (nSPS) is 15.3. The van der Waals surface area contributed by atoms with Crippen molar-refractivity contribution in [3.8, 4) is 5.75 Å². The van der Waals surface area contributed by atoms with Crippen molar-refractivity contribution in [2.75, 3.05) is 19.7 Å². The van der Waals surface area contributed by atoms with E-state index in [2.05, 4.69) is 0 Å². The number of fused-ring (bicyclic) bond motifs is 1. The van der Waals surface area contributed by atoms with Crippen molar-refractivity contribution >= 4 is 34.6 Å². The number of carbonyl (C=O) groups excluding carboxylic acids is 1. The van der Waals surface area contributed by atoms with E-state index in [0.717, 1.165) is 5.39 Å². The lowest BCUT2D eigenvalue weighted by molar-refractivity contribution is 0.0491. The Labute approximate surface area is 155 Å². The summed E-state index contributed by atoms with van der Waals surface area (Å²) in [6.07, 6.45) is 0.138. The Hall–Kier alpha value is -2.41. The number of carbonyl (C=O) groups is 2. The molecular weight excluding hydrogens is 362 g/mol. The number of piperidine rings is 1. The molecule has 7 nitrogen and oxygen atoms in total. The van der Waals surface area contributed by atoms with E-state index in [4.69, 9.17) is 30.6 Å². The minimum Gasteiger partial charge on any atom is -0.489 e. The molecule has 0 radical (unpaired) electrons. The van der Waals surface area contributed by atoms with Crippen LogP contribution in [0, 0.1) is 6.92 Å². The van der Waals surface area contributed by atoms with Gasteiger partial charge in [-0.05, 0) is 19.9 Å². The molecule has 1 amide bonds. The summed E-state index contributed by atoms with van der Waals surface area (Å²) in [6.45, 7) is 4.61. The molecule has 140 valence electrons. The zero-order chi connectivity index (χ0) is 18.8. The molecule has 0 aliphatic carbocycles. The molecule has 1 aliphatic rings. The van der Waals surface area contributed by atoms with Crippen molar-refractivity contribution in [3.63, 3.8) is 0 Å². The number of halogens is 1. The van der Waals surface area contributed by atoms with E-state index in [1.165, 1.54) is 4.90 Å². The van der Waals surface area contributed by atoms with Crippen molar-refractivity contribution in [3.05, 3.63) is 28.5 Å². The van der Waals surface area contributed by atoms with Crippen molar-refractivity contribution in [1.29, 1.82) is 0 Å². The Balaban J connectivity index is 1.81. The second-order valence-corrected chi connectivity index (χ2v) is 6.55. The van der Waals surface area contributed by atoms with Gasteiger partial charge in [0, 0.05) is 42.9 Å². The van der Waals surface area contributed by atoms with Crippen LogP contribution in [-0.2, 0) is 4.74 Å². The highest BCUT2D eigenvalue weighted by Crippen LogP contribution is 2.36. The summed E-state index contributed by atoms with van der Waals surface area (Å²) in [5.74, 6) is 0.0998. The van der Waals surface area contributed by atoms with Gasteiger partial charge in [-0.1, -0.05) is 11.6 Å². The van der Waals surface area contributed by atoms with Crippen LogP contribution in [0.3, 0.4) is 0 Å². The third-order valence-corrected chi connectivity index (χ3v) is 4.75. The van der Waals surface area contributed by atoms with Gasteiger partial charge in [0.05, 0.1) is 11.6 Å². The lowest BCUT2D eigenvalue weighted by atomic mass is 10.1. The molecule has 0 bridgehead atoms. The average molecular weight is 382 g/mol. The van der Waals surface area contributed by atoms with Gasteiger partial charge in [0.1, 0.15) is 17.4 Å². The molecule has 2 heterocycles. The fourth-order valence-electron chi connectivity index (χ4n) is 3.05. The minimum absolute atomic E-state index is 0.124. The largest absolute Gasteiger partial charge is 0.489 e. The first-order valence-corrected chi connectivity index (χ1v) is 8.82. The average Bonchev–Trinajstić information content (AvgIpc) is 2.92. The molecule has 0 saturated carbocycles. The molecule has 1 N–H and O–H groups in total. The van der Waals surface area contributed by atoms with Crippen molar-refractivity contribution in [1.82, 2.24) is 4.90 Å². The Morgan fingerprint density at radius 2 is 2.04 bits per heavy atom. The Morgan fingerprint density at radius 3 is 2.65 bits per heavy atom. The fourth-order valence-corrected chi connectivity index (χ4v) is 3.26. The maximum atomic E-state index is 12.0. The Kier molecular flexibility index (Phi) is 5.27. The third-order valence-electron chi connectivity index (χ3n) is 4.46. The summed E-state index contributed by atoms with van der Waals surface area (Å²) in [4.78, 5) is 24.3. The molecule has 0 atom stereocenters. The molecule has 1 aromatic heterocycles. The van der Waals surface area contributed by atoms with Crippen LogP contribution < -0.4 is 4.74 Å². The maximum Gasteiger partial charge on any atom is 0.407 e. The van der Waals surface area contributed by atoms with Crippen molar-refractivity contribution < 1.29 is 28.6 Å². The highest BCUT2D eigenvalue weighted by atomic mass is 35.5. The van der Waals surface area contributed by atoms with Crippen molar-refractivity contribution in [2.24, 2.45) is 0 Å². The van der Waals surface area contributed by atoms with Crippen molar-refractivity contribution in [2.45, 2.75) is 32.8 Å². The molecule has 0 spiro atoms. The number of furan rings is 1. The number of rotatable bonds is 4. The van der Waals surface area contributed by atoms with Gasteiger partial charge in [0.25, 0.3) is 0 Å². The fraction of sp³-hybridized carbons (Fsp3) is 0.444. The summed E-state index contributed by atoms with van der Waals surface area (Å²) >= 11 is 6.34. The van der Waals surface area contributed by atoms with Crippen LogP contribution in [0.4, 0.5) is 4.79 Å². The van der Waals surface area contributed by atoms with Gasteiger partial charge in [0.15, 0.2) is 0 Å². The lowest BCUT2D eigenvalue weighted by Crippen LogP contribution is -2.41. The molecule has 1 aliphatic heterocycles. The van der Waals surface area contributed by atoms with Crippen LogP contribution in [-0.4, -0.2) is 47.9 Å². The van der Waals surface area contributed by atoms with E-state index in [1.807, 2.05) is 0 Å². The minimum atomic E-state index is -0.916. The van der Waals surface area contributed by atoms with E-state index in [9.17, 15) is 9.59 Å². The molecule has 1 saturated heterocycles. The number of hydrogen-bond donors (Lipinski definition) is 1. The van der Waals surface area contributed by atoms with E-state index < -0.39 is 12.1 Å². The SMILES string of the molecule is CCOC(=O)c1oc2cc(OC3CCN(C(=O)O)CC3)c(Cl)cc2c1C. The van der Waals surface area contributed by atoms with Gasteiger partial charge in [-0.15, -0.1) is 0 Å². The number of esters is 1. The topological polar surface area (TPSA) is 89.2 Å². The second-order valence-electron chi connectivity index (χ2n) is 6.14. The number of likely N-dealkylation sites (tertiary alicyclic amines) is 1. The van der Waals surface area contributed by atoms with Gasteiger partial charge in [-0.3, -0.25) is 0 Å². The zero-order valence-corrected chi connectivity index (χ0v) is 15.3. The highest BCUT2D eigenvalue weighted by molar-refractivity contribution is 6.33. The molecule has 26 heavy (non-hydrogen) atoms. The molecule has 1 aromatic carbocycles. The van der Waals surface area contributed by atoms with E-state index >= 15 is 0 Å². The maximum absolute atomic E-state index is 12.0. The Morgan fingerprint density at radius 1 is 1.35 bits per heavy atom. The summed E-state index contributed by atoms with van der Waals surface area (Å²) < 4.78 is 16.6. The number of amides is 1. The van der Waals surface area contributed by atoms with Crippen LogP contribution in [0.2, 0.25) is 5.02 Å². The summed E-state index contributed by atoms with van der Waals surface area (Å²) in [5, 5.41) is 10.1. The summed E-state index contributed by atoms with van der Waals surface area (Å²) in [5.41, 5.74) is 1.16. The first kappa shape index (κ1) is 18.4. The van der Waals surface area contributed by atoms with E-state index in [0.29, 0.717) is 47.8 Å². The van der Waals surface area contributed by atoms with E-state index in [1.54, 1.807) is 26.0 Å². The predicted molar refractivity (Wildman–Crippen MR) is 95.2 cm³/mol. The van der Waals surface area contributed by atoms with E-state index in [-0.39, 0.29) is 18.5 Å². The number of hydrogen-bond acceptors (Lipinski definition) is 5. The van der Waals surface area contributed by atoms with Crippen LogP contribution in [0.25, 0.3) is 11.0 Å². The standard InChI is InChI=1S/C18H20ClNO6/c1-3-24-17(21)16-10(2)12-8-13(19)15(9-14(12)26-16)25-11-4-6-20(7-5-11)18(22)23/h8-9,11H,3-7H2,1-2H3,(H,22,23). The monoisotopic (exact) mass is 381 g/mol. The molecule has 3 rings (SSSR count). The zero-order valence-electron chi connectivity index (χ0n) is 14.6. The van der Waals surface area contributed by atoms with Gasteiger partial charge >= 0.3 is 12.1 Å². The first-order chi connectivity index (χ1) is 12.4. The molecule has 8 heteroatoms. The van der Waals surface area contributed by atoms with Gasteiger partial charge < -0.3 is 23.9 Å². The number of ether oxygens (including phenoxy) is 2. The molecular formula is C18H20ClNO6. The second kappa shape index (κ2) is 7.45. The lowest BCUT2D eigenvalue weighted by Gasteiger charge is -2.30. The van der Waals surface area contributed by atoms with Gasteiger partial charge in [-0.2, -0.15) is 0 Å².